The van der Waals surface area contributed by atoms with Crippen LogP contribution in [-0.2, 0) is 19.4 Å². The zero-order valence-corrected chi connectivity index (χ0v) is 22.0. The van der Waals surface area contributed by atoms with Crippen molar-refractivity contribution < 1.29 is 23.9 Å². The lowest BCUT2D eigenvalue weighted by Gasteiger charge is -2.08. The molecule has 0 fully saturated rings. The molecule has 0 unspecified atom stereocenters. The summed E-state index contributed by atoms with van der Waals surface area (Å²) in [4.78, 5) is 22.1. The van der Waals surface area contributed by atoms with Crippen molar-refractivity contribution in [3.8, 4) is 17.2 Å². The molecule has 0 amide bonds. The average Bonchev–Trinajstić information content (AvgIpc) is 3.39. The van der Waals surface area contributed by atoms with Crippen LogP contribution in [0.15, 0.2) is 88.1 Å². The quantitative estimate of drug-likeness (QED) is 0.197. The van der Waals surface area contributed by atoms with Gasteiger partial charge in [0.15, 0.2) is 12.1 Å². The van der Waals surface area contributed by atoms with E-state index in [4.69, 9.17) is 19.5 Å². The molecular formula is C29H33FN4O5. The van der Waals surface area contributed by atoms with Crippen molar-refractivity contribution in [1.82, 2.24) is 19.7 Å². The molecule has 3 rings (SSSR count). The van der Waals surface area contributed by atoms with E-state index in [0.29, 0.717) is 42.9 Å². The average molecular weight is 537 g/mol. The van der Waals surface area contributed by atoms with Gasteiger partial charge in [-0.3, -0.25) is 9.36 Å². The number of halogens is 1. The van der Waals surface area contributed by atoms with E-state index in [9.17, 15) is 9.18 Å². The Kier molecular flexibility index (Phi) is 11.5. The Bertz CT molecular complexity index is 1380. The molecule has 0 atom stereocenters. The summed E-state index contributed by atoms with van der Waals surface area (Å²) in [5.41, 5.74) is 1.23. The molecule has 2 N–H and O–H groups in total. The second kappa shape index (κ2) is 15.3. The molecule has 1 aromatic carbocycles. The number of allylic oxidation sites excluding steroid dienone is 4. The highest BCUT2D eigenvalue weighted by molar-refractivity contribution is 5.50. The van der Waals surface area contributed by atoms with Gasteiger partial charge in [0.1, 0.15) is 17.4 Å². The highest BCUT2D eigenvalue weighted by Crippen LogP contribution is 2.18. The van der Waals surface area contributed by atoms with Gasteiger partial charge in [-0.1, -0.05) is 35.5 Å². The van der Waals surface area contributed by atoms with Gasteiger partial charge in [-0.15, -0.1) is 0 Å². The predicted octanol–water partition coefficient (Wildman–Crippen LogP) is 4.47. The zero-order chi connectivity index (χ0) is 28.0. The number of aromatic nitrogens is 4. The van der Waals surface area contributed by atoms with Gasteiger partial charge in [0.25, 0.3) is 11.4 Å². The maximum Gasteiger partial charge on any atom is 0.257 e. The zero-order valence-electron chi connectivity index (χ0n) is 22.0. The Morgan fingerprint density at radius 3 is 2.67 bits per heavy atom. The lowest BCUT2D eigenvalue weighted by molar-refractivity contribution is -0.0465. The van der Waals surface area contributed by atoms with Crippen LogP contribution < -0.4 is 10.3 Å². The predicted molar refractivity (Wildman–Crippen MR) is 145 cm³/mol. The van der Waals surface area contributed by atoms with Crippen molar-refractivity contribution in [1.29, 1.82) is 0 Å². The molecule has 0 aliphatic carbocycles. The molecule has 9 nitrogen and oxygen atoms in total. The summed E-state index contributed by atoms with van der Waals surface area (Å²) in [5.74, 6) is 1.60. The molecule has 0 saturated carbocycles. The lowest BCUT2D eigenvalue weighted by atomic mass is 10.1. The molecule has 0 saturated heterocycles. The molecule has 0 radical (unpaired) electrons. The molecule has 0 bridgehead atoms. The maximum absolute atomic E-state index is 13.6. The van der Waals surface area contributed by atoms with Gasteiger partial charge in [-0.05, 0) is 62.1 Å². The first-order valence-electron chi connectivity index (χ1n) is 12.6. The van der Waals surface area contributed by atoms with Crippen molar-refractivity contribution in [3.05, 3.63) is 106 Å². The normalized spacial score (nSPS) is 11.7. The summed E-state index contributed by atoms with van der Waals surface area (Å²) in [5, 5.41) is 22.3. The van der Waals surface area contributed by atoms with Crippen molar-refractivity contribution in [2.75, 3.05) is 7.11 Å². The number of hydrogen-bond donors (Lipinski definition) is 2. The first-order valence-corrected chi connectivity index (χ1v) is 12.6. The van der Waals surface area contributed by atoms with Crippen LogP contribution in [0.1, 0.15) is 43.4 Å². The van der Waals surface area contributed by atoms with Gasteiger partial charge in [0.2, 0.25) is 0 Å². The van der Waals surface area contributed by atoms with Gasteiger partial charge >= 0.3 is 0 Å². The summed E-state index contributed by atoms with van der Waals surface area (Å²) in [6.07, 6.45) is 6.53. The summed E-state index contributed by atoms with van der Waals surface area (Å²) < 4.78 is 25.7. The lowest BCUT2D eigenvalue weighted by Crippen LogP contribution is -2.21. The Labute approximate surface area is 226 Å². The van der Waals surface area contributed by atoms with Crippen LogP contribution in [0.4, 0.5) is 4.39 Å². The van der Waals surface area contributed by atoms with E-state index in [1.807, 2.05) is 24.3 Å². The van der Waals surface area contributed by atoms with E-state index in [-0.39, 0.29) is 24.4 Å². The minimum absolute atomic E-state index is 0.120. The fourth-order valence-corrected chi connectivity index (χ4v) is 3.66. The van der Waals surface area contributed by atoms with Crippen LogP contribution in [0.2, 0.25) is 0 Å². The Balaban J connectivity index is 1.90. The second-order valence-electron chi connectivity index (χ2n) is 8.63. The molecule has 206 valence electrons. The number of nitrogens with zero attached hydrogens (tertiary/aromatic N) is 4. The molecular weight excluding hydrogens is 503 g/mol. The van der Waals surface area contributed by atoms with Crippen LogP contribution in [0.5, 0.6) is 5.75 Å². The summed E-state index contributed by atoms with van der Waals surface area (Å²) in [7, 11) is 1.61. The SMILES string of the molecule is C/C=C(F)\C=C/Cn1c(CCCCC(O)O)nccc(-c2nc(Cc3ccc(OC)cc3)no2)cccc1=O. The number of aryl methyl sites for hydroxylation is 1. The molecule has 2 aromatic heterocycles. The first-order chi connectivity index (χ1) is 18.9. The van der Waals surface area contributed by atoms with Gasteiger partial charge < -0.3 is 19.5 Å². The summed E-state index contributed by atoms with van der Waals surface area (Å²) in [6, 6.07) is 13.9. The topological polar surface area (TPSA) is 124 Å². The molecule has 0 aliphatic heterocycles. The van der Waals surface area contributed by atoms with Crippen LogP contribution in [0.3, 0.4) is 0 Å². The first kappa shape index (κ1) is 29.4. The van der Waals surface area contributed by atoms with Gasteiger partial charge in [-0.25, -0.2) is 9.37 Å². The number of rotatable bonds is 12. The number of unbranched alkanes of at least 4 members (excludes halogenated alkanes) is 1. The van der Waals surface area contributed by atoms with E-state index in [0.717, 1.165) is 11.3 Å². The van der Waals surface area contributed by atoms with Crippen molar-refractivity contribution >= 4 is 0 Å². The molecule has 0 aliphatic rings. The number of hydrogen-bond acceptors (Lipinski definition) is 8. The third-order valence-electron chi connectivity index (χ3n) is 5.76. The maximum atomic E-state index is 13.6. The standard InChI is InChI=1S/C29H33FN4O5/c1-3-23(30)9-7-19-34-26(10-4-5-12-28(36)37)31-18-17-22(8-6-11-27(34)35)29-32-25(33-39-29)20-21-13-15-24(38-2)16-14-21/h3,6-9,11,13-18,28,36-37H,4-5,10,12,19-20H2,1-2H3/b9-7-,11-6?,18-17?,22-8?,23-3+,31-26?. The van der Waals surface area contributed by atoms with Crippen LogP contribution in [0.25, 0.3) is 11.5 Å². The van der Waals surface area contributed by atoms with E-state index in [1.165, 1.54) is 22.8 Å². The van der Waals surface area contributed by atoms with E-state index < -0.39 is 12.1 Å². The summed E-state index contributed by atoms with van der Waals surface area (Å²) >= 11 is 0. The number of aliphatic hydroxyl groups is 2. The Morgan fingerprint density at radius 1 is 1.15 bits per heavy atom. The van der Waals surface area contributed by atoms with E-state index >= 15 is 0 Å². The van der Waals surface area contributed by atoms with Gasteiger partial charge in [-0.2, -0.15) is 4.98 Å². The highest BCUT2D eigenvalue weighted by atomic mass is 19.1. The number of benzene rings is 1. The number of methoxy groups -OCH3 is 1. The largest absolute Gasteiger partial charge is 0.497 e. The molecule has 10 heteroatoms. The monoisotopic (exact) mass is 536 g/mol. The fourth-order valence-electron chi connectivity index (χ4n) is 3.66. The van der Waals surface area contributed by atoms with Gasteiger partial charge in [0, 0.05) is 37.2 Å². The molecule has 2 heterocycles. The van der Waals surface area contributed by atoms with Crippen molar-refractivity contribution in [3.63, 3.8) is 0 Å². The van der Waals surface area contributed by atoms with Gasteiger partial charge in [0.05, 0.1) is 7.11 Å². The van der Waals surface area contributed by atoms with Crippen LogP contribution in [0, 0.1) is 0 Å². The van der Waals surface area contributed by atoms with Crippen molar-refractivity contribution in [2.24, 2.45) is 0 Å². The highest BCUT2D eigenvalue weighted by Gasteiger charge is 2.09. The summed E-state index contributed by atoms with van der Waals surface area (Å²) in [6.45, 7) is 1.70. The Hall–Kier alpha value is -4.15. The van der Waals surface area contributed by atoms with Crippen LogP contribution in [-0.4, -0.2) is 43.3 Å². The van der Waals surface area contributed by atoms with E-state index in [2.05, 4.69) is 15.1 Å². The van der Waals surface area contributed by atoms with Crippen LogP contribution >= 0.6 is 0 Å². The Morgan fingerprint density at radius 2 is 1.95 bits per heavy atom. The third-order valence-corrected chi connectivity index (χ3v) is 5.76. The molecule has 39 heavy (non-hydrogen) atoms. The number of ether oxygens (including phenoxy) is 1. The fraction of sp³-hybridized carbons (Fsp3) is 0.310. The second-order valence-corrected chi connectivity index (χ2v) is 8.63. The minimum Gasteiger partial charge on any atom is -0.497 e. The smallest absolute Gasteiger partial charge is 0.257 e. The number of aliphatic hydroxyl groups excluding tert-OH is 1. The molecule has 0 spiro atoms. The van der Waals surface area contributed by atoms with E-state index in [1.54, 1.807) is 44.5 Å². The third kappa shape index (κ3) is 9.59. The minimum atomic E-state index is -1.39. The van der Waals surface area contributed by atoms with Crippen molar-refractivity contribution in [2.45, 2.75) is 51.9 Å². The molecule has 3 aromatic rings.